The van der Waals surface area contributed by atoms with E-state index in [0.29, 0.717) is 38.5 Å². The second-order valence-electron chi connectivity index (χ2n) is 9.14. The third kappa shape index (κ3) is 4.93. The molecule has 0 amide bonds. The van der Waals surface area contributed by atoms with E-state index >= 15 is 0 Å². The first-order valence-corrected chi connectivity index (χ1v) is 13.2. The number of nitro benzene ring substituents is 1. The SMILES string of the molecule is O=[N+]([O-])c1cc(S(=O)(=O)N2CCCCC2)ccc1NCC1(N2CCOCC2)CCCCC1. The smallest absolute Gasteiger partial charge is 0.293 e. The number of nitro groups is 1. The standard InChI is InChI=1S/C22H34N4O5S/c27-26(28)21-17-19(32(29,30)25-11-5-2-6-12-25)7-8-20(21)23-18-22(9-3-1-4-10-22)24-13-15-31-16-14-24/h7-8,17,23H,1-6,9-16,18H2. The van der Waals surface area contributed by atoms with Gasteiger partial charge in [0.05, 0.1) is 23.0 Å². The summed E-state index contributed by atoms with van der Waals surface area (Å²) in [5, 5.41) is 15.2. The quantitative estimate of drug-likeness (QED) is 0.486. The van der Waals surface area contributed by atoms with Crippen LogP contribution in [0.1, 0.15) is 51.4 Å². The van der Waals surface area contributed by atoms with Crippen LogP contribution in [0.2, 0.25) is 0 Å². The Morgan fingerprint density at radius 2 is 1.66 bits per heavy atom. The number of hydrogen-bond donors (Lipinski definition) is 1. The lowest BCUT2D eigenvalue weighted by Gasteiger charge is -2.48. The van der Waals surface area contributed by atoms with E-state index in [1.807, 2.05) is 0 Å². The van der Waals surface area contributed by atoms with Gasteiger partial charge in [0.2, 0.25) is 10.0 Å². The minimum Gasteiger partial charge on any atom is -0.379 e. The van der Waals surface area contributed by atoms with Crippen molar-refractivity contribution < 1.29 is 18.1 Å². The molecule has 1 N–H and O–H groups in total. The Kier molecular flexibility index (Phi) is 7.34. The molecule has 4 rings (SSSR count). The van der Waals surface area contributed by atoms with Crippen LogP contribution in [0.15, 0.2) is 23.1 Å². The molecule has 3 fully saturated rings. The Morgan fingerprint density at radius 1 is 1.00 bits per heavy atom. The van der Waals surface area contributed by atoms with E-state index in [-0.39, 0.29) is 16.1 Å². The number of ether oxygens (including phenoxy) is 1. The Hall–Kier alpha value is -1.75. The van der Waals surface area contributed by atoms with Crippen molar-refractivity contribution in [1.82, 2.24) is 9.21 Å². The van der Waals surface area contributed by atoms with E-state index in [2.05, 4.69) is 10.2 Å². The molecule has 2 aliphatic heterocycles. The van der Waals surface area contributed by atoms with E-state index in [0.717, 1.165) is 58.0 Å². The molecule has 0 unspecified atom stereocenters. The molecule has 9 nitrogen and oxygen atoms in total. The molecule has 32 heavy (non-hydrogen) atoms. The molecule has 10 heteroatoms. The maximum Gasteiger partial charge on any atom is 0.293 e. The molecule has 0 atom stereocenters. The van der Waals surface area contributed by atoms with Gasteiger partial charge in [0.25, 0.3) is 5.69 Å². The summed E-state index contributed by atoms with van der Waals surface area (Å²) in [6.07, 6.45) is 8.27. The third-order valence-corrected chi connectivity index (χ3v) is 9.09. The zero-order chi connectivity index (χ0) is 22.6. The summed E-state index contributed by atoms with van der Waals surface area (Å²) in [6, 6.07) is 4.28. The largest absolute Gasteiger partial charge is 0.379 e. The van der Waals surface area contributed by atoms with E-state index in [9.17, 15) is 18.5 Å². The molecule has 1 aromatic rings. The van der Waals surface area contributed by atoms with Crippen LogP contribution in [0.4, 0.5) is 11.4 Å². The van der Waals surface area contributed by atoms with Crippen LogP contribution >= 0.6 is 0 Å². The van der Waals surface area contributed by atoms with Crippen molar-refractivity contribution in [2.24, 2.45) is 0 Å². The minimum atomic E-state index is -3.72. The molecule has 3 aliphatic rings. The molecule has 178 valence electrons. The van der Waals surface area contributed by atoms with Crippen molar-refractivity contribution in [3.05, 3.63) is 28.3 Å². The fourth-order valence-electron chi connectivity index (χ4n) is 5.34. The third-order valence-electron chi connectivity index (χ3n) is 7.19. The molecule has 0 radical (unpaired) electrons. The van der Waals surface area contributed by atoms with Crippen LogP contribution in [0.25, 0.3) is 0 Å². The average Bonchev–Trinajstić information content (AvgIpc) is 2.84. The van der Waals surface area contributed by atoms with E-state index in [1.165, 1.54) is 22.9 Å². The van der Waals surface area contributed by atoms with Crippen molar-refractivity contribution in [3.63, 3.8) is 0 Å². The molecule has 2 saturated heterocycles. The van der Waals surface area contributed by atoms with Gasteiger partial charge in [-0.2, -0.15) is 4.31 Å². The molecule has 1 saturated carbocycles. The van der Waals surface area contributed by atoms with E-state index < -0.39 is 14.9 Å². The van der Waals surface area contributed by atoms with Gasteiger partial charge in [0.15, 0.2) is 0 Å². The summed E-state index contributed by atoms with van der Waals surface area (Å²) < 4.78 is 33.0. The average molecular weight is 467 g/mol. The summed E-state index contributed by atoms with van der Waals surface area (Å²) in [7, 11) is -3.72. The van der Waals surface area contributed by atoms with Crippen LogP contribution in [-0.2, 0) is 14.8 Å². The monoisotopic (exact) mass is 466 g/mol. The van der Waals surface area contributed by atoms with Gasteiger partial charge in [0, 0.05) is 44.3 Å². The zero-order valence-corrected chi connectivity index (χ0v) is 19.4. The lowest BCUT2D eigenvalue weighted by atomic mass is 9.79. The fourth-order valence-corrected chi connectivity index (χ4v) is 6.88. The maximum atomic E-state index is 13.0. The van der Waals surface area contributed by atoms with Crippen molar-refractivity contribution in [2.75, 3.05) is 51.3 Å². The van der Waals surface area contributed by atoms with Crippen molar-refractivity contribution in [1.29, 1.82) is 0 Å². The van der Waals surface area contributed by atoms with Crippen molar-refractivity contribution in [3.8, 4) is 0 Å². The molecule has 2 heterocycles. The topological polar surface area (TPSA) is 105 Å². The number of anilines is 1. The highest BCUT2D eigenvalue weighted by molar-refractivity contribution is 7.89. The van der Waals surface area contributed by atoms with Gasteiger partial charge in [-0.05, 0) is 37.8 Å². The Bertz CT molecular complexity index is 905. The number of hydrogen-bond acceptors (Lipinski definition) is 7. The van der Waals surface area contributed by atoms with Gasteiger partial charge in [-0.25, -0.2) is 8.42 Å². The number of nitrogens with one attached hydrogen (secondary N) is 1. The predicted molar refractivity (Wildman–Crippen MR) is 122 cm³/mol. The molecular formula is C22H34N4O5S. The van der Waals surface area contributed by atoms with Crippen LogP contribution in [0, 0.1) is 10.1 Å². The van der Waals surface area contributed by atoms with Gasteiger partial charge in [0.1, 0.15) is 5.69 Å². The zero-order valence-electron chi connectivity index (χ0n) is 18.6. The lowest BCUT2D eigenvalue weighted by Crippen LogP contribution is -2.58. The number of benzene rings is 1. The predicted octanol–water partition coefficient (Wildman–Crippen LogP) is 3.22. The van der Waals surface area contributed by atoms with Gasteiger partial charge >= 0.3 is 0 Å². The Morgan fingerprint density at radius 3 is 2.31 bits per heavy atom. The first-order chi connectivity index (χ1) is 15.4. The number of morpholine rings is 1. The molecule has 0 aromatic heterocycles. The van der Waals surface area contributed by atoms with Crippen LogP contribution < -0.4 is 5.32 Å². The van der Waals surface area contributed by atoms with E-state index in [1.54, 1.807) is 6.07 Å². The summed E-state index contributed by atoms with van der Waals surface area (Å²) in [6.45, 7) is 4.71. The molecule has 0 bridgehead atoms. The van der Waals surface area contributed by atoms with Crippen LogP contribution in [-0.4, -0.2) is 74.0 Å². The summed E-state index contributed by atoms with van der Waals surface area (Å²) in [4.78, 5) is 13.8. The van der Waals surface area contributed by atoms with Crippen LogP contribution in [0.5, 0.6) is 0 Å². The second kappa shape index (κ2) is 10.0. The number of piperidine rings is 1. The van der Waals surface area contributed by atoms with Gasteiger partial charge in [-0.1, -0.05) is 25.7 Å². The molecule has 1 aromatic carbocycles. The maximum absolute atomic E-state index is 13.0. The first kappa shape index (κ1) is 23.4. The van der Waals surface area contributed by atoms with Crippen molar-refractivity contribution in [2.45, 2.75) is 61.8 Å². The number of sulfonamides is 1. The Balaban J connectivity index is 1.55. The molecule has 0 spiro atoms. The minimum absolute atomic E-state index is 0.00258. The number of nitrogens with zero attached hydrogens (tertiary/aromatic N) is 3. The second-order valence-corrected chi connectivity index (χ2v) is 11.1. The number of rotatable bonds is 7. The summed E-state index contributed by atoms with van der Waals surface area (Å²) in [5.41, 5.74) is 0.149. The first-order valence-electron chi connectivity index (χ1n) is 11.8. The summed E-state index contributed by atoms with van der Waals surface area (Å²) in [5.74, 6) is 0. The van der Waals surface area contributed by atoms with E-state index in [4.69, 9.17) is 4.74 Å². The molecular weight excluding hydrogens is 432 g/mol. The normalized spacial score (nSPS) is 23.0. The highest BCUT2D eigenvalue weighted by Crippen LogP contribution is 2.36. The van der Waals surface area contributed by atoms with Crippen LogP contribution in [0.3, 0.4) is 0 Å². The highest BCUT2D eigenvalue weighted by Gasteiger charge is 2.39. The lowest BCUT2D eigenvalue weighted by molar-refractivity contribution is -0.384. The van der Waals surface area contributed by atoms with Gasteiger partial charge < -0.3 is 10.1 Å². The fraction of sp³-hybridized carbons (Fsp3) is 0.727. The molecule has 1 aliphatic carbocycles. The Labute approximate surface area is 190 Å². The highest BCUT2D eigenvalue weighted by atomic mass is 32.2. The van der Waals surface area contributed by atoms with Crippen molar-refractivity contribution >= 4 is 21.4 Å². The van der Waals surface area contributed by atoms with Gasteiger partial charge in [-0.15, -0.1) is 0 Å². The summed E-state index contributed by atoms with van der Waals surface area (Å²) >= 11 is 0. The van der Waals surface area contributed by atoms with Gasteiger partial charge in [-0.3, -0.25) is 15.0 Å².